The van der Waals surface area contributed by atoms with Crippen LogP contribution in [-0.2, 0) is 9.53 Å². The largest absolute Gasteiger partial charge is 0.449 e. The standard InChI is InChI=1S/C13H15FN2O3/c1-7-5-8(15)6-9(11(7)14)13(18)19-10-3-4-16(2)12(10)17/h5-6,10H,3-4,15H2,1-2H3. The summed E-state index contributed by atoms with van der Waals surface area (Å²) in [6.07, 6.45) is -0.414. The third kappa shape index (κ3) is 2.52. The first kappa shape index (κ1) is 13.3. The van der Waals surface area contributed by atoms with Crippen molar-refractivity contribution in [3.63, 3.8) is 0 Å². The van der Waals surface area contributed by atoms with Crippen LogP contribution in [0, 0.1) is 12.7 Å². The molecule has 2 rings (SSSR count). The zero-order valence-corrected chi connectivity index (χ0v) is 10.8. The summed E-state index contributed by atoms with van der Waals surface area (Å²) < 4.78 is 18.9. The van der Waals surface area contributed by atoms with E-state index in [1.54, 1.807) is 7.05 Å². The van der Waals surface area contributed by atoms with Gasteiger partial charge in [-0.05, 0) is 24.6 Å². The first-order valence-electron chi connectivity index (χ1n) is 5.91. The maximum atomic E-state index is 13.8. The van der Waals surface area contributed by atoms with Crippen molar-refractivity contribution in [2.45, 2.75) is 19.4 Å². The highest BCUT2D eigenvalue weighted by Gasteiger charge is 2.33. The molecule has 0 saturated carbocycles. The van der Waals surface area contributed by atoms with E-state index in [2.05, 4.69) is 0 Å². The molecule has 1 heterocycles. The summed E-state index contributed by atoms with van der Waals surface area (Å²) in [5, 5.41) is 0. The van der Waals surface area contributed by atoms with Crippen molar-refractivity contribution in [3.05, 3.63) is 29.1 Å². The summed E-state index contributed by atoms with van der Waals surface area (Å²) in [6.45, 7) is 2.03. The Labute approximate surface area is 110 Å². The van der Waals surface area contributed by atoms with E-state index in [4.69, 9.17) is 10.5 Å². The SMILES string of the molecule is Cc1cc(N)cc(C(=O)OC2CCN(C)C2=O)c1F. The predicted octanol–water partition coefficient (Wildman–Crippen LogP) is 1.10. The minimum atomic E-state index is -0.860. The van der Waals surface area contributed by atoms with Gasteiger partial charge < -0.3 is 15.4 Å². The number of likely N-dealkylation sites (N-methyl/N-ethyl adjacent to an activating group) is 1. The number of carbonyl (C=O) groups is 2. The Hall–Kier alpha value is -2.11. The van der Waals surface area contributed by atoms with Crippen LogP contribution in [0.25, 0.3) is 0 Å². The number of nitrogen functional groups attached to an aromatic ring is 1. The number of nitrogens with zero attached hydrogens (tertiary/aromatic N) is 1. The molecular formula is C13H15FN2O3. The maximum Gasteiger partial charge on any atom is 0.342 e. The molecule has 2 N–H and O–H groups in total. The molecule has 1 saturated heterocycles. The lowest BCUT2D eigenvalue weighted by atomic mass is 10.1. The lowest BCUT2D eigenvalue weighted by Gasteiger charge is -2.13. The summed E-state index contributed by atoms with van der Waals surface area (Å²) in [6, 6.07) is 2.65. The lowest BCUT2D eigenvalue weighted by Crippen LogP contribution is -2.29. The summed E-state index contributed by atoms with van der Waals surface area (Å²) >= 11 is 0. The van der Waals surface area contributed by atoms with Crippen LogP contribution in [0.4, 0.5) is 10.1 Å². The Kier molecular flexibility index (Phi) is 3.42. The Bertz CT molecular complexity index is 545. The lowest BCUT2D eigenvalue weighted by molar-refractivity contribution is -0.133. The number of hydrogen-bond donors (Lipinski definition) is 1. The van der Waals surface area contributed by atoms with Gasteiger partial charge in [-0.2, -0.15) is 0 Å². The molecule has 0 aliphatic carbocycles. The number of nitrogens with two attached hydrogens (primary N) is 1. The fraction of sp³-hybridized carbons (Fsp3) is 0.385. The second kappa shape index (κ2) is 4.87. The molecule has 1 aliphatic rings. The van der Waals surface area contributed by atoms with Gasteiger partial charge >= 0.3 is 5.97 Å². The number of halogens is 1. The van der Waals surface area contributed by atoms with Gasteiger partial charge in [0.25, 0.3) is 5.91 Å². The molecule has 0 radical (unpaired) electrons. The maximum absolute atomic E-state index is 13.8. The molecule has 1 atom stereocenters. The molecule has 0 spiro atoms. The summed E-state index contributed by atoms with van der Waals surface area (Å²) in [5.74, 6) is -1.80. The summed E-state index contributed by atoms with van der Waals surface area (Å²) in [5.41, 5.74) is 5.88. The Morgan fingerprint density at radius 1 is 1.53 bits per heavy atom. The highest BCUT2D eigenvalue weighted by atomic mass is 19.1. The van der Waals surface area contributed by atoms with Gasteiger partial charge in [-0.1, -0.05) is 0 Å². The predicted molar refractivity (Wildman–Crippen MR) is 67.0 cm³/mol. The first-order valence-corrected chi connectivity index (χ1v) is 5.91. The van der Waals surface area contributed by atoms with Crippen LogP contribution in [0.3, 0.4) is 0 Å². The fourth-order valence-corrected chi connectivity index (χ4v) is 2.04. The van der Waals surface area contributed by atoms with Crippen molar-refractivity contribution < 1.29 is 18.7 Å². The van der Waals surface area contributed by atoms with E-state index in [0.29, 0.717) is 13.0 Å². The van der Waals surface area contributed by atoms with E-state index in [1.165, 1.54) is 24.0 Å². The van der Waals surface area contributed by atoms with Crippen molar-refractivity contribution in [3.8, 4) is 0 Å². The second-order valence-electron chi connectivity index (χ2n) is 4.64. The zero-order chi connectivity index (χ0) is 14.2. The Balaban J connectivity index is 2.19. The molecule has 1 fully saturated rings. The number of carbonyl (C=O) groups excluding carboxylic acids is 2. The quantitative estimate of drug-likeness (QED) is 0.642. The number of benzene rings is 1. The zero-order valence-electron chi connectivity index (χ0n) is 10.8. The Morgan fingerprint density at radius 2 is 2.21 bits per heavy atom. The van der Waals surface area contributed by atoms with E-state index in [0.717, 1.165) is 0 Å². The molecule has 5 nitrogen and oxygen atoms in total. The average Bonchev–Trinajstić information content (AvgIpc) is 2.65. The topological polar surface area (TPSA) is 72.6 Å². The average molecular weight is 266 g/mol. The van der Waals surface area contributed by atoms with Gasteiger partial charge in [-0.3, -0.25) is 4.79 Å². The van der Waals surface area contributed by atoms with Crippen molar-refractivity contribution in [2.75, 3.05) is 19.3 Å². The third-order valence-electron chi connectivity index (χ3n) is 3.12. The number of likely N-dealkylation sites (tertiary alicyclic amines) is 1. The number of aryl methyl sites for hydroxylation is 1. The van der Waals surface area contributed by atoms with Crippen LogP contribution in [-0.4, -0.2) is 36.5 Å². The number of hydrogen-bond acceptors (Lipinski definition) is 4. The van der Waals surface area contributed by atoms with Gasteiger partial charge in [-0.15, -0.1) is 0 Å². The summed E-state index contributed by atoms with van der Waals surface area (Å²) in [7, 11) is 1.63. The van der Waals surface area contributed by atoms with Crippen LogP contribution in [0.2, 0.25) is 0 Å². The molecule has 6 heteroatoms. The van der Waals surface area contributed by atoms with Gasteiger partial charge in [0.2, 0.25) is 0 Å². The van der Waals surface area contributed by atoms with E-state index in [1.807, 2.05) is 0 Å². The van der Waals surface area contributed by atoms with Crippen LogP contribution in [0.1, 0.15) is 22.3 Å². The van der Waals surface area contributed by atoms with Crippen molar-refractivity contribution in [1.82, 2.24) is 4.90 Å². The van der Waals surface area contributed by atoms with E-state index in [9.17, 15) is 14.0 Å². The van der Waals surface area contributed by atoms with Crippen LogP contribution in [0.15, 0.2) is 12.1 Å². The van der Waals surface area contributed by atoms with Gasteiger partial charge in [0.1, 0.15) is 5.82 Å². The van der Waals surface area contributed by atoms with Crippen molar-refractivity contribution in [1.29, 1.82) is 0 Å². The number of amides is 1. The van der Waals surface area contributed by atoms with Gasteiger partial charge in [0, 0.05) is 25.7 Å². The molecule has 1 aliphatic heterocycles. The van der Waals surface area contributed by atoms with Crippen LogP contribution in [0.5, 0.6) is 0 Å². The minimum Gasteiger partial charge on any atom is -0.449 e. The number of anilines is 1. The molecule has 1 aromatic rings. The van der Waals surface area contributed by atoms with Crippen LogP contribution < -0.4 is 5.73 Å². The highest BCUT2D eigenvalue weighted by Crippen LogP contribution is 2.20. The molecule has 102 valence electrons. The summed E-state index contributed by atoms with van der Waals surface area (Å²) in [4.78, 5) is 25.0. The first-order chi connectivity index (χ1) is 8.90. The molecule has 0 bridgehead atoms. The number of ether oxygens (including phenoxy) is 1. The molecule has 1 unspecified atom stereocenters. The molecule has 1 amide bonds. The van der Waals surface area contributed by atoms with Gasteiger partial charge in [-0.25, -0.2) is 9.18 Å². The second-order valence-corrected chi connectivity index (χ2v) is 4.64. The highest BCUT2D eigenvalue weighted by molar-refractivity contribution is 5.94. The van der Waals surface area contributed by atoms with Crippen LogP contribution >= 0.6 is 0 Å². The number of rotatable bonds is 2. The van der Waals surface area contributed by atoms with Crippen molar-refractivity contribution in [2.24, 2.45) is 0 Å². The molecule has 1 aromatic carbocycles. The van der Waals surface area contributed by atoms with Gasteiger partial charge in [0.15, 0.2) is 6.10 Å². The minimum absolute atomic E-state index is 0.236. The third-order valence-corrected chi connectivity index (χ3v) is 3.12. The van der Waals surface area contributed by atoms with Crippen molar-refractivity contribution >= 4 is 17.6 Å². The van der Waals surface area contributed by atoms with Gasteiger partial charge in [0.05, 0.1) is 5.56 Å². The normalized spacial score (nSPS) is 18.8. The fourth-order valence-electron chi connectivity index (χ4n) is 2.04. The monoisotopic (exact) mass is 266 g/mol. The Morgan fingerprint density at radius 3 is 2.79 bits per heavy atom. The molecule has 19 heavy (non-hydrogen) atoms. The molecule has 0 aromatic heterocycles. The smallest absolute Gasteiger partial charge is 0.342 e. The van der Waals surface area contributed by atoms with E-state index >= 15 is 0 Å². The molecular weight excluding hydrogens is 251 g/mol. The van der Waals surface area contributed by atoms with E-state index in [-0.39, 0.29) is 22.7 Å². The number of esters is 1. The van der Waals surface area contributed by atoms with E-state index < -0.39 is 17.9 Å².